The number of amides is 1. The van der Waals surface area contributed by atoms with Crippen molar-refractivity contribution in [3.63, 3.8) is 0 Å². The van der Waals surface area contributed by atoms with Crippen molar-refractivity contribution >= 4 is 11.9 Å². The monoisotopic (exact) mass is 806 g/mol. The summed E-state index contributed by atoms with van der Waals surface area (Å²) < 4.78 is 5.84. The molecule has 0 saturated heterocycles. The lowest BCUT2D eigenvalue weighted by atomic mass is 10.0. The number of allylic oxidation sites excluding steroid dienone is 15. The zero-order chi connectivity index (χ0) is 42.4. The highest BCUT2D eigenvalue weighted by Crippen LogP contribution is 2.15. The molecule has 3 N–H and O–H groups in total. The van der Waals surface area contributed by atoms with E-state index in [1.165, 1.54) is 64.2 Å². The van der Waals surface area contributed by atoms with Crippen molar-refractivity contribution in [3.8, 4) is 0 Å². The molecule has 0 rings (SSSR count). The van der Waals surface area contributed by atoms with Crippen LogP contribution >= 0.6 is 0 Å². The van der Waals surface area contributed by atoms with Crippen LogP contribution in [0.1, 0.15) is 194 Å². The van der Waals surface area contributed by atoms with Gasteiger partial charge in [-0.3, -0.25) is 9.59 Å². The molecule has 0 fully saturated rings. The molecule has 0 radical (unpaired) electrons. The quantitative estimate of drug-likeness (QED) is 0.0248. The predicted molar refractivity (Wildman–Crippen MR) is 250 cm³/mol. The molecule has 6 heteroatoms. The average Bonchev–Trinajstić information content (AvgIpc) is 3.22. The third kappa shape index (κ3) is 39.6. The fourth-order valence-electron chi connectivity index (χ4n) is 6.45. The van der Waals surface area contributed by atoms with Crippen molar-refractivity contribution in [2.45, 2.75) is 212 Å². The van der Waals surface area contributed by atoms with Crippen LogP contribution in [0.25, 0.3) is 0 Å². The van der Waals surface area contributed by atoms with E-state index in [1.807, 2.05) is 12.2 Å². The molecular weight excluding hydrogens is 719 g/mol. The molecule has 0 aliphatic carbocycles. The van der Waals surface area contributed by atoms with Crippen LogP contribution in [0.4, 0.5) is 0 Å². The van der Waals surface area contributed by atoms with E-state index < -0.39 is 18.2 Å². The Kier molecular flexibility index (Phi) is 42.4. The molecule has 58 heavy (non-hydrogen) atoms. The number of ether oxygens (including phenoxy) is 1. The molecule has 0 spiro atoms. The highest BCUT2D eigenvalue weighted by molar-refractivity contribution is 5.77. The Hall–Kier alpha value is -3.22. The molecule has 0 aliphatic rings. The highest BCUT2D eigenvalue weighted by atomic mass is 16.5. The highest BCUT2D eigenvalue weighted by Gasteiger charge is 2.23. The number of hydrogen-bond acceptors (Lipinski definition) is 5. The standard InChI is InChI=1S/C52H87NO5/c1-4-7-10-13-16-19-21-23-25-27-29-32-34-37-40-43-48(46-51(56)53-49(47-54)50(55)44-41-38-35-31-18-15-12-9-6-3)58-52(57)45-42-39-36-33-30-28-26-24-22-20-17-14-11-8-5-2/h7-8,10-11,14,16-17,19-20,22-23,25,29,32,37,40,48-50,54-55H,4-6,9,12-13,15,18,21,24,26-28,30-31,33-36,38-39,41-47H2,1-3H3,(H,53,56)/b10-7-,11-8+,17-14+,19-16-,22-20+,25-23-,32-29-,40-37-. The van der Waals surface area contributed by atoms with Gasteiger partial charge in [-0.15, -0.1) is 0 Å². The first-order valence-corrected chi connectivity index (χ1v) is 23.5. The summed E-state index contributed by atoms with van der Waals surface area (Å²) in [5.74, 6) is -0.605. The van der Waals surface area contributed by atoms with E-state index in [0.717, 1.165) is 83.5 Å². The zero-order valence-electron chi connectivity index (χ0n) is 37.4. The number of carbonyl (C=O) groups is 2. The van der Waals surface area contributed by atoms with Crippen LogP contribution in [-0.2, 0) is 14.3 Å². The average molecular weight is 806 g/mol. The Morgan fingerprint density at radius 2 is 1.03 bits per heavy atom. The van der Waals surface area contributed by atoms with E-state index in [1.54, 1.807) is 0 Å². The summed E-state index contributed by atoms with van der Waals surface area (Å²) in [5, 5.41) is 23.6. The Balaban J connectivity index is 4.79. The molecule has 0 heterocycles. The van der Waals surface area contributed by atoms with E-state index in [0.29, 0.717) is 19.3 Å². The molecule has 0 aromatic heterocycles. The van der Waals surface area contributed by atoms with Gasteiger partial charge in [0.1, 0.15) is 6.10 Å². The second kappa shape index (κ2) is 44.9. The fraction of sp³-hybridized carbons (Fsp3) is 0.654. The summed E-state index contributed by atoms with van der Waals surface area (Å²) in [7, 11) is 0. The van der Waals surface area contributed by atoms with Gasteiger partial charge in [-0.05, 0) is 64.2 Å². The minimum atomic E-state index is -0.817. The van der Waals surface area contributed by atoms with Crippen LogP contribution in [0, 0.1) is 0 Å². The molecule has 6 nitrogen and oxygen atoms in total. The molecular formula is C52H87NO5. The predicted octanol–water partition coefficient (Wildman–Crippen LogP) is 13.8. The van der Waals surface area contributed by atoms with Gasteiger partial charge in [-0.25, -0.2) is 0 Å². The topological polar surface area (TPSA) is 95.9 Å². The minimum absolute atomic E-state index is 0.0112. The Labute approximate surface area is 356 Å². The largest absolute Gasteiger partial charge is 0.461 e. The van der Waals surface area contributed by atoms with Gasteiger partial charge in [-0.1, -0.05) is 208 Å². The van der Waals surface area contributed by atoms with Gasteiger partial charge in [0.15, 0.2) is 0 Å². The van der Waals surface area contributed by atoms with E-state index >= 15 is 0 Å². The minimum Gasteiger partial charge on any atom is -0.461 e. The van der Waals surface area contributed by atoms with Crippen molar-refractivity contribution in [2.24, 2.45) is 0 Å². The third-order valence-corrected chi connectivity index (χ3v) is 9.97. The Morgan fingerprint density at radius 3 is 1.59 bits per heavy atom. The van der Waals surface area contributed by atoms with E-state index in [9.17, 15) is 19.8 Å². The summed E-state index contributed by atoms with van der Waals surface area (Å²) in [6, 6.07) is -0.738. The lowest BCUT2D eigenvalue weighted by molar-refractivity contribution is -0.150. The van der Waals surface area contributed by atoms with Gasteiger partial charge in [-0.2, -0.15) is 0 Å². The number of carbonyl (C=O) groups excluding carboxylic acids is 2. The van der Waals surface area contributed by atoms with Gasteiger partial charge in [0, 0.05) is 12.8 Å². The number of aliphatic hydroxyl groups excluding tert-OH is 2. The molecule has 3 atom stereocenters. The maximum absolute atomic E-state index is 13.1. The van der Waals surface area contributed by atoms with Crippen molar-refractivity contribution in [3.05, 3.63) is 97.2 Å². The molecule has 0 aromatic carbocycles. The number of rotatable bonds is 40. The molecule has 0 aliphatic heterocycles. The second-order valence-corrected chi connectivity index (χ2v) is 15.5. The Morgan fingerprint density at radius 1 is 0.552 bits per heavy atom. The lowest BCUT2D eigenvalue weighted by Crippen LogP contribution is -2.46. The van der Waals surface area contributed by atoms with Crippen molar-refractivity contribution in [1.29, 1.82) is 0 Å². The third-order valence-electron chi connectivity index (χ3n) is 9.97. The van der Waals surface area contributed by atoms with Gasteiger partial charge in [0.2, 0.25) is 5.91 Å². The van der Waals surface area contributed by atoms with Gasteiger partial charge in [0.05, 0.1) is 25.2 Å². The molecule has 0 aromatic rings. The maximum atomic E-state index is 13.1. The SMILES string of the molecule is CC/C=C\C/C=C\C/C=C\C/C=C\C/C=C\CC(CC(=O)NC(CO)C(O)CCCCCCCCCCC)OC(=O)CCCCCCCCC/C=C/C=C/C=C/CC. The molecule has 0 saturated carbocycles. The summed E-state index contributed by atoms with van der Waals surface area (Å²) >= 11 is 0. The normalized spacial score (nSPS) is 14.2. The van der Waals surface area contributed by atoms with Crippen molar-refractivity contribution in [1.82, 2.24) is 5.32 Å². The number of aliphatic hydroxyl groups is 2. The summed E-state index contributed by atoms with van der Waals surface area (Å²) in [4.78, 5) is 26.0. The Bertz CT molecular complexity index is 1180. The summed E-state index contributed by atoms with van der Waals surface area (Å²) in [6.07, 6.45) is 59.1. The molecule has 0 bridgehead atoms. The van der Waals surface area contributed by atoms with Crippen molar-refractivity contribution < 1.29 is 24.5 Å². The molecule has 330 valence electrons. The molecule has 3 unspecified atom stereocenters. The van der Waals surface area contributed by atoms with Gasteiger partial charge < -0.3 is 20.3 Å². The van der Waals surface area contributed by atoms with E-state index in [4.69, 9.17) is 4.74 Å². The van der Waals surface area contributed by atoms with Crippen LogP contribution in [-0.4, -0.2) is 46.9 Å². The van der Waals surface area contributed by atoms with E-state index in [2.05, 4.69) is 111 Å². The zero-order valence-corrected chi connectivity index (χ0v) is 37.4. The van der Waals surface area contributed by atoms with Crippen molar-refractivity contribution in [2.75, 3.05) is 6.61 Å². The fourth-order valence-corrected chi connectivity index (χ4v) is 6.45. The number of unbranched alkanes of at least 4 members (excludes halogenated alkanes) is 15. The first-order chi connectivity index (χ1) is 28.5. The smallest absolute Gasteiger partial charge is 0.306 e. The van der Waals surface area contributed by atoms with Gasteiger partial charge >= 0.3 is 5.97 Å². The number of hydrogen-bond donors (Lipinski definition) is 3. The maximum Gasteiger partial charge on any atom is 0.306 e. The molecule has 1 amide bonds. The van der Waals surface area contributed by atoms with Gasteiger partial charge in [0.25, 0.3) is 0 Å². The first-order valence-electron chi connectivity index (χ1n) is 23.5. The summed E-state index contributed by atoms with van der Waals surface area (Å²) in [6.45, 7) is 6.17. The number of nitrogens with one attached hydrogen (secondary N) is 1. The van der Waals surface area contributed by atoms with Crippen LogP contribution in [0.3, 0.4) is 0 Å². The first kappa shape index (κ1) is 54.8. The van der Waals surface area contributed by atoms with Crippen LogP contribution in [0.2, 0.25) is 0 Å². The summed E-state index contributed by atoms with van der Waals surface area (Å²) in [5.41, 5.74) is 0. The van der Waals surface area contributed by atoms with Crippen LogP contribution in [0.15, 0.2) is 97.2 Å². The van der Waals surface area contributed by atoms with Crippen LogP contribution in [0.5, 0.6) is 0 Å². The van der Waals surface area contributed by atoms with Crippen LogP contribution < -0.4 is 5.32 Å². The van der Waals surface area contributed by atoms with E-state index in [-0.39, 0.29) is 24.9 Å². The second-order valence-electron chi connectivity index (χ2n) is 15.5. The lowest BCUT2D eigenvalue weighted by Gasteiger charge is -2.24. The number of esters is 1.